The van der Waals surface area contributed by atoms with Gasteiger partial charge in [0.2, 0.25) is 0 Å². The van der Waals surface area contributed by atoms with Crippen LogP contribution in [0.25, 0.3) is 16.0 Å². The molecule has 0 N–H and O–H groups in total. The average molecular weight is 697 g/mol. The summed E-state index contributed by atoms with van der Waals surface area (Å²) in [6.45, 7) is -3.98. The Hall–Kier alpha value is -4.40. The number of nitrogens with zero attached hydrogens (tertiary/aromatic N) is 3. The Morgan fingerprint density at radius 1 is 0.312 bits per heavy atom. The molecule has 0 heterocycles. The van der Waals surface area contributed by atoms with Gasteiger partial charge >= 0.3 is 279 Å². The van der Waals surface area contributed by atoms with Crippen LogP contribution in [0.2, 0.25) is 0 Å². The first kappa shape index (κ1) is 34.9. The number of hydrogen-bond acceptors (Lipinski definition) is 0. The van der Waals surface area contributed by atoms with E-state index in [1.807, 2.05) is 0 Å². The maximum absolute atomic E-state index is 6.75. The molecule has 0 radical (unpaired) electrons. The molecule has 0 amide bonds. The van der Waals surface area contributed by atoms with Crippen LogP contribution in [-0.2, 0) is 50.2 Å². The van der Waals surface area contributed by atoms with Crippen LogP contribution in [0, 0.1) is 0 Å². The Balaban J connectivity index is 0.00000145. The molecule has 0 saturated heterocycles. The average Bonchev–Trinajstić information content (AvgIpc) is 3.11. The molecule has 0 saturated carbocycles. The van der Waals surface area contributed by atoms with Crippen molar-refractivity contribution in [1.29, 1.82) is 0 Å². The maximum atomic E-state index is 6.75. The standard InChI is InChI=1S/2C21H21Si.Cr.N3/c2*1-4-10-19(11-5-1)16-22(17-20-12-6-2-7-13-20)18-21-14-8-3-9-15-21;;1-3-2/h2*1-15H,16-18H2;;/q;;+1;-1. The minimum absolute atomic E-state index is 0.503. The van der Waals surface area contributed by atoms with Crippen LogP contribution in [-0.4, -0.2) is 13.3 Å². The van der Waals surface area contributed by atoms with E-state index in [9.17, 15) is 0 Å². The topological polar surface area (TPSA) is 58.7 Å². The van der Waals surface area contributed by atoms with E-state index in [0.29, 0.717) is 13.9 Å². The molecular weight excluding hydrogens is 655 g/mol. The molecule has 0 atom stereocenters. The van der Waals surface area contributed by atoms with Gasteiger partial charge in [-0.3, -0.25) is 4.91 Å². The van der Waals surface area contributed by atoms with Gasteiger partial charge in [0, 0.05) is 0 Å². The van der Waals surface area contributed by atoms with Crippen LogP contribution in [0.4, 0.5) is 0 Å². The Kier molecular flexibility index (Phi) is 13.3. The number of benzene rings is 6. The molecule has 48 heavy (non-hydrogen) atoms. The third-order valence-electron chi connectivity index (χ3n) is 8.65. The first-order valence-corrected chi connectivity index (χ1v) is 25.4. The summed E-state index contributed by atoms with van der Waals surface area (Å²) >= 11 is 0.503. The molecule has 6 aromatic rings. The van der Waals surface area contributed by atoms with Gasteiger partial charge in [-0.05, 0) is 0 Å². The van der Waals surface area contributed by atoms with Crippen molar-refractivity contribution in [2.24, 2.45) is 0 Å². The van der Waals surface area contributed by atoms with Crippen LogP contribution in [0.5, 0.6) is 0 Å². The second-order valence-corrected chi connectivity index (χ2v) is 31.2. The van der Waals surface area contributed by atoms with Gasteiger partial charge in [0.15, 0.2) is 0 Å². The summed E-state index contributed by atoms with van der Waals surface area (Å²) in [7, 11) is 0. The van der Waals surface area contributed by atoms with Crippen LogP contribution in [0.3, 0.4) is 0 Å². The molecule has 6 rings (SSSR count). The zero-order valence-corrected chi connectivity index (χ0v) is 30.6. The Bertz CT molecular complexity index is 1470. The third kappa shape index (κ3) is 10.8. The van der Waals surface area contributed by atoms with Crippen molar-refractivity contribution in [1.82, 2.24) is 0 Å². The monoisotopic (exact) mass is 696 g/mol. The number of hydrogen-bond donors (Lipinski definition) is 0. The fourth-order valence-electron chi connectivity index (χ4n) is 6.86. The predicted octanol–water partition coefficient (Wildman–Crippen LogP) is 10.5. The Morgan fingerprint density at radius 3 is 0.604 bits per heavy atom. The molecule has 0 unspecified atom stereocenters. The van der Waals surface area contributed by atoms with Crippen molar-refractivity contribution in [3.63, 3.8) is 0 Å². The summed E-state index contributed by atoms with van der Waals surface area (Å²) in [5, 5.41) is 0. The summed E-state index contributed by atoms with van der Waals surface area (Å²) in [5.74, 6) is 0. The molecule has 6 heteroatoms. The summed E-state index contributed by atoms with van der Waals surface area (Å²) < 4.78 is 0. The normalized spacial score (nSPS) is 11.1. The molecule has 0 aliphatic rings. The first-order valence-electron chi connectivity index (χ1n) is 16.5. The minimum atomic E-state index is -1.99. The van der Waals surface area contributed by atoms with E-state index in [-0.39, 0.29) is 0 Å². The van der Waals surface area contributed by atoms with Gasteiger partial charge in [-0.1, -0.05) is 0 Å². The third-order valence-corrected chi connectivity index (χ3v) is 34.7. The Labute approximate surface area is 293 Å². The fourth-order valence-corrected chi connectivity index (χ4v) is 42.6. The van der Waals surface area contributed by atoms with Crippen molar-refractivity contribution in [3.8, 4) is 0 Å². The molecule has 0 spiro atoms. The first-order chi connectivity index (χ1) is 23.6. The van der Waals surface area contributed by atoms with Gasteiger partial charge in [-0.25, -0.2) is 0 Å². The molecule has 0 bridgehead atoms. The van der Waals surface area contributed by atoms with E-state index in [4.69, 9.17) is 11.1 Å². The van der Waals surface area contributed by atoms with Gasteiger partial charge in [-0.2, -0.15) is 0 Å². The van der Waals surface area contributed by atoms with Crippen molar-refractivity contribution >= 4 is 13.3 Å². The SMILES string of the molecule is [N-]=[N+]=[N-].c1ccc(C[Si](Cc2ccccc2)(Cc2ccccc2)[Cr+][Si](Cc2ccccc2)(Cc2ccccc2)Cc2ccccc2)cc1. The van der Waals surface area contributed by atoms with Crippen LogP contribution < -0.4 is 0 Å². The van der Waals surface area contributed by atoms with Crippen molar-refractivity contribution in [3.05, 3.63) is 231 Å². The van der Waals surface area contributed by atoms with Crippen LogP contribution in [0.1, 0.15) is 33.4 Å². The fraction of sp³-hybridized carbons (Fsp3) is 0.143. The van der Waals surface area contributed by atoms with Crippen LogP contribution in [0.15, 0.2) is 182 Å². The summed E-state index contributed by atoms with van der Waals surface area (Å²) in [5.41, 5.74) is 22.6. The van der Waals surface area contributed by atoms with E-state index in [1.54, 1.807) is 0 Å². The van der Waals surface area contributed by atoms with E-state index >= 15 is 0 Å². The molecule has 0 aliphatic carbocycles. The zero-order chi connectivity index (χ0) is 33.3. The Morgan fingerprint density at radius 2 is 0.458 bits per heavy atom. The van der Waals surface area contributed by atoms with E-state index < -0.39 is 13.3 Å². The second kappa shape index (κ2) is 18.2. The summed E-state index contributed by atoms with van der Waals surface area (Å²) in [4.78, 5) is 1.50. The molecule has 0 aliphatic heterocycles. The van der Waals surface area contributed by atoms with Gasteiger partial charge in [0.1, 0.15) is 0 Å². The van der Waals surface area contributed by atoms with E-state index in [0.717, 1.165) is 0 Å². The molecule has 6 aromatic carbocycles. The quantitative estimate of drug-likeness (QED) is 0.0471. The van der Waals surface area contributed by atoms with E-state index in [2.05, 4.69) is 182 Å². The van der Waals surface area contributed by atoms with Gasteiger partial charge in [0.25, 0.3) is 0 Å². The van der Waals surface area contributed by atoms with Gasteiger partial charge in [0.05, 0.1) is 0 Å². The summed E-state index contributed by atoms with van der Waals surface area (Å²) in [6.07, 6.45) is 0. The van der Waals surface area contributed by atoms with Crippen LogP contribution >= 0.6 is 0 Å². The molecule has 0 fully saturated rings. The molecular formula is C42H42CrN3Si2. The molecule has 0 aromatic heterocycles. The molecule has 3 nitrogen and oxygen atoms in total. The van der Waals surface area contributed by atoms with Crippen molar-refractivity contribution in [2.75, 3.05) is 0 Å². The van der Waals surface area contributed by atoms with E-state index in [1.165, 1.54) is 74.6 Å². The summed E-state index contributed by atoms with van der Waals surface area (Å²) in [6, 6.07) is 76.0. The predicted molar refractivity (Wildman–Crippen MR) is 202 cm³/mol. The van der Waals surface area contributed by atoms with Crippen molar-refractivity contribution < 1.29 is 13.9 Å². The van der Waals surface area contributed by atoms with Gasteiger partial charge in [-0.15, -0.1) is 0 Å². The zero-order valence-electron chi connectivity index (χ0n) is 27.3. The van der Waals surface area contributed by atoms with Gasteiger partial charge < -0.3 is 11.1 Å². The number of rotatable bonds is 14. The van der Waals surface area contributed by atoms with Crippen molar-refractivity contribution in [2.45, 2.75) is 36.3 Å². The molecule has 239 valence electrons. The second-order valence-electron chi connectivity index (χ2n) is 12.5.